The molecule has 1 N–H and O–H groups in total. The van der Waals surface area contributed by atoms with Gasteiger partial charge in [0.25, 0.3) is 0 Å². The van der Waals surface area contributed by atoms with Gasteiger partial charge in [0.15, 0.2) is 0 Å². The third-order valence-corrected chi connectivity index (χ3v) is 3.81. The summed E-state index contributed by atoms with van der Waals surface area (Å²) >= 11 is 2.21. The number of benzene rings is 1. The highest BCUT2D eigenvalue weighted by atomic mass is 127. The molecule has 3 heteroatoms. The predicted octanol–water partition coefficient (Wildman–Crippen LogP) is 4.83. The molecule has 0 saturated heterocycles. The lowest BCUT2D eigenvalue weighted by atomic mass is 10.0. The van der Waals surface area contributed by atoms with Gasteiger partial charge in [-0.3, -0.25) is 0 Å². The highest BCUT2D eigenvalue weighted by Crippen LogP contribution is 2.25. The average molecular weight is 361 g/mol. The summed E-state index contributed by atoms with van der Waals surface area (Å²) in [5, 5.41) is 3.54. The van der Waals surface area contributed by atoms with E-state index in [1.54, 1.807) is 12.1 Å². The lowest BCUT2D eigenvalue weighted by Crippen LogP contribution is -2.23. The van der Waals surface area contributed by atoms with Crippen LogP contribution in [0.25, 0.3) is 0 Å². The molecular weight excluding hydrogens is 340 g/mol. The standard InChI is InChI=1S/C15H21FIN/c1-3-5-6-7-15(18-10-4-2)13-9-8-12(16)11-14(13)17/h3,8-9,11,15,18H,1,4-7,10H2,2H3. The fraction of sp³-hybridized carbons (Fsp3) is 0.467. The van der Waals surface area contributed by atoms with E-state index in [1.807, 2.05) is 12.1 Å². The van der Waals surface area contributed by atoms with Crippen LogP contribution in [0.2, 0.25) is 0 Å². The number of allylic oxidation sites excluding steroid dienone is 1. The van der Waals surface area contributed by atoms with E-state index < -0.39 is 0 Å². The Balaban J connectivity index is 2.76. The van der Waals surface area contributed by atoms with Crippen LogP contribution in [0.1, 0.15) is 44.2 Å². The summed E-state index contributed by atoms with van der Waals surface area (Å²) in [6.45, 7) is 6.90. The van der Waals surface area contributed by atoms with E-state index in [9.17, 15) is 4.39 Å². The van der Waals surface area contributed by atoms with E-state index in [-0.39, 0.29) is 5.82 Å². The Morgan fingerprint density at radius 3 is 2.89 bits per heavy atom. The van der Waals surface area contributed by atoms with Gasteiger partial charge < -0.3 is 5.32 Å². The molecule has 0 amide bonds. The number of nitrogens with one attached hydrogen (secondary N) is 1. The Morgan fingerprint density at radius 2 is 2.28 bits per heavy atom. The van der Waals surface area contributed by atoms with Crippen molar-refractivity contribution in [3.8, 4) is 0 Å². The number of unbranched alkanes of at least 4 members (excludes halogenated alkanes) is 1. The summed E-state index contributed by atoms with van der Waals surface area (Å²) < 4.78 is 14.1. The Labute approximate surface area is 123 Å². The zero-order valence-electron chi connectivity index (χ0n) is 10.9. The van der Waals surface area contributed by atoms with Gasteiger partial charge in [-0.1, -0.05) is 19.1 Å². The molecule has 0 radical (unpaired) electrons. The van der Waals surface area contributed by atoms with Crippen molar-refractivity contribution in [1.29, 1.82) is 0 Å². The molecule has 1 aromatic carbocycles. The lowest BCUT2D eigenvalue weighted by molar-refractivity contribution is 0.483. The topological polar surface area (TPSA) is 12.0 Å². The third-order valence-electron chi connectivity index (χ3n) is 2.88. The van der Waals surface area contributed by atoms with E-state index in [4.69, 9.17) is 0 Å². The van der Waals surface area contributed by atoms with Crippen molar-refractivity contribution in [1.82, 2.24) is 5.32 Å². The third kappa shape index (κ3) is 5.06. The molecule has 0 spiro atoms. The molecule has 0 aliphatic rings. The SMILES string of the molecule is C=CCCCC(NCCC)c1ccc(F)cc1I. The average Bonchev–Trinajstić information content (AvgIpc) is 2.34. The van der Waals surface area contributed by atoms with Crippen LogP contribution in [-0.2, 0) is 0 Å². The number of halogens is 2. The first kappa shape index (κ1) is 15.6. The van der Waals surface area contributed by atoms with Gasteiger partial charge in [0.05, 0.1) is 0 Å². The summed E-state index contributed by atoms with van der Waals surface area (Å²) in [4.78, 5) is 0. The second-order valence-corrected chi connectivity index (χ2v) is 5.55. The number of hydrogen-bond acceptors (Lipinski definition) is 1. The van der Waals surface area contributed by atoms with E-state index in [2.05, 4.69) is 41.4 Å². The second kappa shape index (κ2) is 8.64. The summed E-state index contributed by atoms with van der Waals surface area (Å²) in [6.07, 6.45) is 6.26. The Kier molecular flexibility index (Phi) is 7.51. The van der Waals surface area contributed by atoms with E-state index in [1.165, 1.54) is 5.56 Å². The highest BCUT2D eigenvalue weighted by Gasteiger charge is 2.13. The van der Waals surface area contributed by atoms with Crippen molar-refractivity contribution >= 4 is 22.6 Å². The summed E-state index contributed by atoms with van der Waals surface area (Å²) in [5.41, 5.74) is 1.20. The monoisotopic (exact) mass is 361 g/mol. The first-order valence-electron chi connectivity index (χ1n) is 6.48. The Bertz CT molecular complexity index is 379. The molecule has 0 aliphatic heterocycles. The molecule has 0 bridgehead atoms. The zero-order valence-corrected chi connectivity index (χ0v) is 13.0. The van der Waals surface area contributed by atoms with Gasteiger partial charge in [-0.15, -0.1) is 6.58 Å². The smallest absolute Gasteiger partial charge is 0.124 e. The first-order valence-corrected chi connectivity index (χ1v) is 7.56. The van der Waals surface area contributed by atoms with E-state index >= 15 is 0 Å². The molecule has 100 valence electrons. The van der Waals surface area contributed by atoms with Gasteiger partial charge in [0.1, 0.15) is 5.82 Å². The maximum Gasteiger partial charge on any atom is 0.124 e. The maximum absolute atomic E-state index is 13.1. The van der Waals surface area contributed by atoms with Crippen LogP contribution < -0.4 is 5.32 Å². The fourth-order valence-corrected chi connectivity index (χ4v) is 2.79. The second-order valence-electron chi connectivity index (χ2n) is 4.39. The van der Waals surface area contributed by atoms with E-state index in [0.29, 0.717) is 6.04 Å². The van der Waals surface area contributed by atoms with Crippen LogP contribution >= 0.6 is 22.6 Å². The van der Waals surface area contributed by atoms with Crippen LogP contribution in [-0.4, -0.2) is 6.54 Å². The number of hydrogen-bond donors (Lipinski definition) is 1. The summed E-state index contributed by atoms with van der Waals surface area (Å²) in [7, 11) is 0. The molecule has 0 heterocycles. The number of rotatable bonds is 8. The van der Waals surface area contributed by atoms with Crippen molar-refractivity contribution in [3.63, 3.8) is 0 Å². The molecule has 1 atom stereocenters. The van der Waals surface area contributed by atoms with Gasteiger partial charge in [-0.25, -0.2) is 4.39 Å². The molecule has 0 aliphatic carbocycles. The quantitative estimate of drug-likeness (QED) is 0.397. The summed E-state index contributed by atoms with van der Waals surface area (Å²) in [5.74, 6) is -0.163. The molecule has 1 rings (SSSR count). The van der Waals surface area contributed by atoms with Gasteiger partial charge in [0.2, 0.25) is 0 Å². The maximum atomic E-state index is 13.1. The van der Waals surface area contributed by atoms with Crippen molar-refractivity contribution in [2.24, 2.45) is 0 Å². The zero-order chi connectivity index (χ0) is 13.4. The van der Waals surface area contributed by atoms with Crippen molar-refractivity contribution < 1.29 is 4.39 Å². The van der Waals surface area contributed by atoms with Crippen molar-refractivity contribution in [2.75, 3.05) is 6.54 Å². The fourth-order valence-electron chi connectivity index (χ4n) is 1.94. The van der Waals surface area contributed by atoms with Crippen molar-refractivity contribution in [2.45, 2.75) is 38.6 Å². The normalized spacial score (nSPS) is 12.4. The molecule has 1 aromatic rings. The lowest BCUT2D eigenvalue weighted by Gasteiger charge is -2.20. The van der Waals surface area contributed by atoms with Crippen LogP contribution in [0, 0.1) is 9.39 Å². The molecule has 18 heavy (non-hydrogen) atoms. The van der Waals surface area contributed by atoms with Gasteiger partial charge in [-0.2, -0.15) is 0 Å². The first-order chi connectivity index (χ1) is 8.69. The minimum atomic E-state index is -0.163. The molecule has 0 fully saturated rings. The summed E-state index contributed by atoms with van der Waals surface area (Å²) in [6, 6.07) is 5.37. The molecule has 1 nitrogen and oxygen atoms in total. The van der Waals surface area contributed by atoms with Crippen LogP contribution in [0.5, 0.6) is 0 Å². The molecular formula is C15H21FIN. The molecule has 0 saturated carbocycles. The van der Waals surface area contributed by atoms with Crippen LogP contribution in [0.3, 0.4) is 0 Å². The Hall–Kier alpha value is -0.420. The molecule has 0 aromatic heterocycles. The minimum Gasteiger partial charge on any atom is -0.310 e. The van der Waals surface area contributed by atoms with Crippen molar-refractivity contribution in [3.05, 3.63) is 45.8 Å². The van der Waals surface area contributed by atoms with E-state index in [0.717, 1.165) is 35.8 Å². The largest absolute Gasteiger partial charge is 0.310 e. The van der Waals surface area contributed by atoms with Gasteiger partial charge in [0, 0.05) is 9.61 Å². The van der Waals surface area contributed by atoms with Crippen LogP contribution in [0.4, 0.5) is 4.39 Å². The minimum absolute atomic E-state index is 0.163. The predicted molar refractivity (Wildman–Crippen MR) is 84.2 cm³/mol. The van der Waals surface area contributed by atoms with Gasteiger partial charge in [-0.05, 0) is 72.5 Å². The Morgan fingerprint density at radius 1 is 1.50 bits per heavy atom. The van der Waals surface area contributed by atoms with Gasteiger partial charge >= 0.3 is 0 Å². The molecule has 1 unspecified atom stereocenters. The van der Waals surface area contributed by atoms with Crippen LogP contribution in [0.15, 0.2) is 30.9 Å². The highest BCUT2D eigenvalue weighted by molar-refractivity contribution is 14.1.